The lowest BCUT2D eigenvalue weighted by atomic mass is 10.3. The van der Waals surface area contributed by atoms with Gasteiger partial charge in [-0.1, -0.05) is 11.6 Å². The van der Waals surface area contributed by atoms with Gasteiger partial charge < -0.3 is 15.5 Å². The van der Waals surface area contributed by atoms with Gasteiger partial charge in [-0.3, -0.25) is 9.59 Å². The number of carbonyl (C=O) groups is 2. The van der Waals surface area contributed by atoms with Crippen LogP contribution in [0.4, 0.5) is 10.1 Å². The minimum Gasteiger partial charge on any atom is -0.332 e. The molecule has 0 saturated carbocycles. The summed E-state index contributed by atoms with van der Waals surface area (Å²) in [5, 5.41) is 5.58. The summed E-state index contributed by atoms with van der Waals surface area (Å²) in [6.07, 6.45) is 0. The number of piperazine rings is 1. The predicted octanol–water partition coefficient (Wildman–Crippen LogP) is 0.849. The van der Waals surface area contributed by atoms with Gasteiger partial charge in [0.05, 0.1) is 0 Å². The number of carbonyl (C=O) groups excluding carboxylic acids is 2. The van der Waals surface area contributed by atoms with Crippen molar-refractivity contribution in [3.05, 3.63) is 29.0 Å². The highest BCUT2D eigenvalue weighted by molar-refractivity contribution is 6.39. The lowest BCUT2D eigenvalue weighted by Gasteiger charge is -2.26. The summed E-state index contributed by atoms with van der Waals surface area (Å²) < 4.78 is 13.1. The third-order valence-electron chi connectivity index (χ3n) is 2.72. The monoisotopic (exact) mass is 285 g/mol. The molecule has 19 heavy (non-hydrogen) atoms. The van der Waals surface area contributed by atoms with Gasteiger partial charge in [-0.2, -0.15) is 0 Å². The molecule has 2 amide bonds. The quantitative estimate of drug-likeness (QED) is 0.752. The molecule has 2 rings (SSSR count). The van der Waals surface area contributed by atoms with Crippen molar-refractivity contribution in [2.75, 3.05) is 31.5 Å². The summed E-state index contributed by atoms with van der Waals surface area (Å²) >= 11 is 5.67. The Balaban J connectivity index is 2.01. The van der Waals surface area contributed by atoms with E-state index in [1.54, 1.807) is 0 Å². The molecule has 1 saturated heterocycles. The van der Waals surface area contributed by atoms with Crippen molar-refractivity contribution in [3.8, 4) is 0 Å². The molecule has 1 heterocycles. The summed E-state index contributed by atoms with van der Waals surface area (Å²) in [5.74, 6) is -1.98. The fourth-order valence-electron chi connectivity index (χ4n) is 1.82. The minimum absolute atomic E-state index is 0.157. The van der Waals surface area contributed by atoms with Crippen molar-refractivity contribution in [2.24, 2.45) is 0 Å². The third-order valence-corrected chi connectivity index (χ3v) is 2.94. The Hall–Kier alpha value is -1.66. The number of halogens is 2. The zero-order valence-electron chi connectivity index (χ0n) is 10.1. The number of rotatable bonds is 1. The fourth-order valence-corrected chi connectivity index (χ4v) is 2.04. The average Bonchev–Trinajstić information content (AvgIpc) is 2.37. The van der Waals surface area contributed by atoms with Gasteiger partial charge in [-0.15, -0.1) is 0 Å². The van der Waals surface area contributed by atoms with E-state index in [0.717, 1.165) is 12.1 Å². The smallest absolute Gasteiger partial charge is 0.313 e. The van der Waals surface area contributed by atoms with Gasteiger partial charge in [0.25, 0.3) is 0 Å². The molecule has 0 aromatic heterocycles. The molecule has 0 unspecified atom stereocenters. The van der Waals surface area contributed by atoms with Crippen molar-refractivity contribution < 1.29 is 14.0 Å². The minimum atomic E-state index is -0.788. The number of hydrogen-bond donors (Lipinski definition) is 2. The van der Waals surface area contributed by atoms with Gasteiger partial charge in [0, 0.05) is 36.9 Å². The maximum absolute atomic E-state index is 13.1. The van der Waals surface area contributed by atoms with Crippen molar-refractivity contribution in [3.63, 3.8) is 0 Å². The van der Waals surface area contributed by atoms with Crippen molar-refractivity contribution in [1.82, 2.24) is 10.2 Å². The molecule has 0 aliphatic carbocycles. The average molecular weight is 286 g/mol. The van der Waals surface area contributed by atoms with Crippen molar-refractivity contribution in [1.29, 1.82) is 0 Å². The Morgan fingerprint density at radius 3 is 2.58 bits per heavy atom. The molecule has 5 nitrogen and oxygen atoms in total. The standard InChI is InChI=1S/C12H13ClFN3O2/c13-8-5-9(14)7-10(6-8)16-11(18)12(19)17-3-1-15-2-4-17/h5-7,15H,1-4H2,(H,16,18). The third kappa shape index (κ3) is 3.65. The van der Waals surface area contributed by atoms with Crippen LogP contribution in [-0.2, 0) is 9.59 Å². The molecule has 1 fully saturated rings. The Morgan fingerprint density at radius 1 is 1.26 bits per heavy atom. The van der Waals surface area contributed by atoms with Gasteiger partial charge in [0.2, 0.25) is 0 Å². The molecule has 1 aliphatic heterocycles. The molecular weight excluding hydrogens is 273 g/mol. The zero-order valence-corrected chi connectivity index (χ0v) is 10.8. The van der Waals surface area contributed by atoms with Crippen LogP contribution in [0.1, 0.15) is 0 Å². The second kappa shape index (κ2) is 5.99. The first kappa shape index (κ1) is 13.8. The van der Waals surface area contributed by atoms with Gasteiger partial charge in [0.15, 0.2) is 0 Å². The number of anilines is 1. The lowest BCUT2D eigenvalue weighted by molar-refractivity contribution is -0.143. The molecule has 0 spiro atoms. The van der Waals surface area contributed by atoms with E-state index >= 15 is 0 Å². The van der Waals surface area contributed by atoms with E-state index in [2.05, 4.69) is 10.6 Å². The second-order valence-corrected chi connectivity index (χ2v) is 4.59. The van der Waals surface area contributed by atoms with Crippen LogP contribution in [-0.4, -0.2) is 42.9 Å². The molecule has 7 heteroatoms. The normalized spacial score (nSPS) is 15.2. The van der Waals surface area contributed by atoms with Crippen molar-refractivity contribution >= 4 is 29.1 Å². The van der Waals surface area contributed by atoms with E-state index < -0.39 is 17.6 Å². The van der Waals surface area contributed by atoms with Crippen LogP contribution in [0.25, 0.3) is 0 Å². The molecule has 102 valence electrons. The van der Waals surface area contributed by atoms with Gasteiger partial charge in [-0.25, -0.2) is 4.39 Å². The Labute approximate surface area is 114 Å². The first-order chi connectivity index (χ1) is 9.06. The molecule has 1 aromatic rings. The summed E-state index contributed by atoms with van der Waals surface area (Å²) in [7, 11) is 0. The fraction of sp³-hybridized carbons (Fsp3) is 0.333. The van der Waals surface area contributed by atoms with Crippen LogP contribution >= 0.6 is 11.6 Å². The Bertz CT molecular complexity index is 483. The van der Waals surface area contributed by atoms with Crippen LogP contribution in [0.5, 0.6) is 0 Å². The van der Waals surface area contributed by atoms with Gasteiger partial charge in [0.1, 0.15) is 5.82 Å². The van der Waals surface area contributed by atoms with Crippen LogP contribution in [0, 0.1) is 5.82 Å². The highest BCUT2D eigenvalue weighted by Crippen LogP contribution is 2.18. The number of hydrogen-bond acceptors (Lipinski definition) is 3. The Kier molecular flexibility index (Phi) is 4.34. The lowest BCUT2D eigenvalue weighted by Crippen LogP contribution is -2.49. The number of benzene rings is 1. The predicted molar refractivity (Wildman–Crippen MR) is 69.5 cm³/mol. The van der Waals surface area contributed by atoms with Crippen LogP contribution in [0.15, 0.2) is 18.2 Å². The highest BCUT2D eigenvalue weighted by Gasteiger charge is 2.23. The summed E-state index contributed by atoms with van der Waals surface area (Å²) in [5.41, 5.74) is 0.165. The first-order valence-electron chi connectivity index (χ1n) is 5.83. The molecule has 2 N–H and O–H groups in total. The molecule has 0 bridgehead atoms. The maximum atomic E-state index is 13.1. The topological polar surface area (TPSA) is 61.4 Å². The van der Waals surface area contributed by atoms with Crippen molar-refractivity contribution in [2.45, 2.75) is 0 Å². The molecule has 0 atom stereocenters. The van der Waals surface area contributed by atoms with E-state index in [0.29, 0.717) is 26.2 Å². The molecular formula is C12H13ClFN3O2. The second-order valence-electron chi connectivity index (χ2n) is 4.15. The number of amides is 2. The van der Waals surface area contributed by atoms with E-state index in [9.17, 15) is 14.0 Å². The number of nitrogens with zero attached hydrogens (tertiary/aromatic N) is 1. The summed E-state index contributed by atoms with van der Waals surface area (Å²) in [6.45, 7) is 2.28. The van der Waals surface area contributed by atoms with Gasteiger partial charge >= 0.3 is 11.8 Å². The van der Waals surface area contributed by atoms with Gasteiger partial charge in [-0.05, 0) is 18.2 Å². The van der Waals surface area contributed by atoms with Crippen LogP contribution in [0.3, 0.4) is 0 Å². The van der Waals surface area contributed by atoms with E-state index in [-0.39, 0.29) is 10.7 Å². The summed E-state index contributed by atoms with van der Waals surface area (Å²) in [6, 6.07) is 3.61. The molecule has 1 aliphatic rings. The highest BCUT2D eigenvalue weighted by atomic mass is 35.5. The zero-order chi connectivity index (χ0) is 13.8. The van der Waals surface area contributed by atoms with E-state index in [1.165, 1.54) is 11.0 Å². The van der Waals surface area contributed by atoms with E-state index in [4.69, 9.17) is 11.6 Å². The van der Waals surface area contributed by atoms with E-state index in [1.807, 2.05) is 0 Å². The molecule has 1 aromatic carbocycles. The molecule has 0 radical (unpaired) electrons. The largest absolute Gasteiger partial charge is 0.332 e. The maximum Gasteiger partial charge on any atom is 0.313 e. The number of nitrogens with one attached hydrogen (secondary N) is 2. The SMILES string of the molecule is O=C(Nc1cc(F)cc(Cl)c1)C(=O)N1CCNCC1. The van der Waals surface area contributed by atoms with Crippen LogP contribution in [0.2, 0.25) is 5.02 Å². The summed E-state index contributed by atoms with van der Waals surface area (Å²) in [4.78, 5) is 25.0. The van der Waals surface area contributed by atoms with Crippen LogP contribution < -0.4 is 10.6 Å². The Morgan fingerprint density at radius 2 is 1.95 bits per heavy atom. The first-order valence-corrected chi connectivity index (χ1v) is 6.21.